The van der Waals surface area contributed by atoms with Gasteiger partial charge in [0.05, 0.1) is 15.2 Å². The van der Waals surface area contributed by atoms with E-state index in [0.717, 1.165) is 51.4 Å². The fraction of sp³-hybridized carbons (Fsp3) is 0.368. The van der Waals surface area contributed by atoms with Crippen LogP contribution in [0.2, 0.25) is 5.02 Å². The van der Waals surface area contributed by atoms with E-state index in [2.05, 4.69) is 33.7 Å². The lowest BCUT2D eigenvalue weighted by Crippen LogP contribution is -2.21. The summed E-state index contributed by atoms with van der Waals surface area (Å²) in [5, 5.41) is 5.00. The summed E-state index contributed by atoms with van der Waals surface area (Å²) < 4.78 is 3.97. The van der Waals surface area contributed by atoms with E-state index in [1.165, 1.54) is 18.1 Å². The van der Waals surface area contributed by atoms with Crippen LogP contribution in [-0.4, -0.2) is 37.6 Å². The van der Waals surface area contributed by atoms with Crippen molar-refractivity contribution < 1.29 is 0 Å². The first kappa shape index (κ1) is 20.3. The number of nitrogen functional groups attached to an aromatic ring is 1. The molecular formula is C19H22ClN7S2. The molecule has 0 aliphatic carbocycles. The van der Waals surface area contributed by atoms with E-state index in [1.807, 2.05) is 18.2 Å². The molecule has 0 saturated carbocycles. The molecule has 0 amide bonds. The molecule has 0 radical (unpaired) electrons. The fourth-order valence-electron chi connectivity index (χ4n) is 2.98. The molecule has 4 aromatic rings. The molecule has 0 saturated heterocycles. The predicted molar refractivity (Wildman–Crippen MR) is 121 cm³/mol. The SMILES string of the molecule is CC(C)CNCCCn1c(Sc2nc3cccc(Cl)c3s2)nc2c(N)ncnc21. The Morgan fingerprint density at radius 1 is 1.28 bits per heavy atom. The Morgan fingerprint density at radius 3 is 2.93 bits per heavy atom. The molecule has 0 aliphatic heterocycles. The van der Waals surface area contributed by atoms with Crippen LogP contribution in [0.3, 0.4) is 0 Å². The third-order valence-corrected chi connectivity index (χ3v) is 6.93. The monoisotopic (exact) mass is 447 g/mol. The number of benzene rings is 1. The van der Waals surface area contributed by atoms with E-state index in [4.69, 9.17) is 27.3 Å². The number of nitrogens with zero attached hydrogens (tertiary/aromatic N) is 5. The van der Waals surface area contributed by atoms with Crippen LogP contribution < -0.4 is 11.1 Å². The summed E-state index contributed by atoms with van der Waals surface area (Å²) in [6, 6.07) is 5.76. The molecule has 152 valence electrons. The number of nitrogens with one attached hydrogen (secondary N) is 1. The molecule has 0 atom stereocenters. The van der Waals surface area contributed by atoms with Crippen molar-refractivity contribution in [2.24, 2.45) is 5.92 Å². The standard InChI is InChI=1S/C19H22ClN7S2/c1-11(2)9-22-7-4-8-27-17-14(16(21)23-10-24-17)26-18(27)29-19-25-13-6-3-5-12(20)15(13)28-19/h3,5-6,10-11,22H,4,7-9H2,1-2H3,(H2,21,23,24). The van der Waals surface area contributed by atoms with Crippen molar-refractivity contribution in [2.45, 2.75) is 36.3 Å². The van der Waals surface area contributed by atoms with Crippen LogP contribution in [0.15, 0.2) is 34.0 Å². The van der Waals surface area contributed by atoms with Gasteiger partial charge in [0.15, 0.2) is 26.5 Å². The molecule has 10 heteroatoms. The minimum Gasteiger partial charge on any atom is -0.382 e. The largest absolute Gasteiger partial charge is 0.382 e. The van der Waals surface area contributed by atoms with Gasteiger partial charge in [0, 0.05) is 6.54 Å². The Labute approximate surface area is 182 Å². The zero-order chi connectivity index (χ0) is 20.4. The number of rotatable bonds is 8. The second kappa shape index (κ2) is 8.83. The highest BCUT2D eigenvalue weighted by atomic mass is 35.5. The Kier molecular flexibility index (Phi) is 6.19. The highest BCUT2D eigenvalue weighted by Gasteiger charge is 2.18. The number of hydrogen-bond donors (Lipinski definition) is 2. The van der Waals surface area contributed by atoms with Crippen molar-refractivity contribution >= 4 is 61.9 Å². The third-order valence-electron chi connectivity index (χ3n) is 4.34. The van der Waals surface area contributed by atoms with Crippen molar-refractivity contribution in [1.29, 1.82) is 0 Å². The minimum atomic E-state index is 0.390. The number of hydrogen-bond acceptors (Lipinski definition) is 8. The van der Waals surface area contributed by atoms with Gasteiger partial charge in [-0.25, -0.2) is 19.9 Å². The predicted octanol–water partition coefficient (Wildman–Crippen LogP) is 4.46. The lowest BCUT2D eigenvalue weighted by molar-refractivity contribution is 0.514. The summed E-state index contributed by atoms with van der Waals surface area (Å²) in [5.74, 6) is 1.02. The van der Waals surface area contributed by atoms with Crippen LogP contribution >= 0.6 is 34.7 Å². The Hall–Kier alpha value is -1.94. The first-order valence-corrected chi connectivity index (χ1v) is 11.4. The first-order valence-electron chi connectivity index (χ1n) is 9.43. The third kappa shape index (κ3) is 4.48. The van der Waals surface area contributed by atoms with Gasteiger partial charge in [-0.15, -0.1) is 11.3 Å². The highest BCUT2D eigenvalue weighted by molar-refractivity contribution is 8.01. The van der Waals surface area contributed by atoms with Gasteiger partial charge in [0.2, 0.25) is 0 Å². The quantitative estimate of drug-likeness (QED) is 0.385. The Morgan fingerprint density at radius 2 is 2.14 bits per heavy atom. The molecule has 0 fully saturated rings. The molecule has 3 aromatic heterocycles. The molecule has 4 rings (SSSR count). The second-order valence-electron chi connectivity index (χ2n) is 7.10. The average Bonchev–Trinajstić information content (AvgIpc) is 3.25. The van der Waals surface area contributed by atoms with E-state index in [0.29, 0.717) is 22.3 Å². The summed E-state index contributed by atoms with van der Waals surface area (Å²) in [5.41, 5.74) is 8.32. The molecule has 29 heavy (non-hydrogen) atoms. The molecule has 0 spiro atoms. The smallest absolute Gasteiger partial charge is 0.177 e. The highest BCUT2D eigenvalue weighted by Crippen LogP contribution is 2.38. The first-order chi connectivity index (χ1) is 14.0. The molecule has 0 aliphatic rings. The van der Waals surface area contributed by atoms with Crippen LogP contribution in [0, 0.1) is 5.92 Å². The zero-order valence-corrected chi connectivity index (χ0v) is 18.6. The normalized spacial score (nSPS) is 11.9. The van der Waals surface area contributed by atoms with Crippen molar-refractivity contribution in [3.05, 3.63) is 29.5 Å². The van der Waals surface area contributed by atoms with Crippen LogP contribution in [0.4, 0.5) is 5.82 Å². The number of aryl methyl sites for hydroxylation is 1. The molecule has 3 N–H and O–H groups in total. The molecule has 3 heterocycles. The summed E-state index contributed by atoms with van der Waals surface area (Å²) in [7, 11) is 0. The Bertz CT molecular complexity index is 1140. The van der Waals surface area contributed by atoms with E-state index in [9.17, 15) is 0 Å². The van der Waals surface area contributed by atoms with Crippen molar-refractivity contribution in [3.8, 4) is 0 Å². The second-order valence-corrected chi connectivity index (χ2v) is 9.72. The molecular weight excluding hydrogens is 426 g/mol. The number of anilines is 1. The van der Waals surface area contributed by atoms with Gasteiger partial charge >= 0.3 is 0 Å². The van der Waals surface area contributed by atoms with Gasteiger partial charge in [-0.1, -0.05) is 31.5 Å². The van der Waals surface area contributed by atoms with Crippen LogP contribution in [-0.2, 0) is 6.54 Å². The van der Waals surface area contributed by atoms with Crippen molar-refractivity contribution in [2.75, 3.05) is 18.8 Å². The summed E-state index contributed by atoms with van der Waals surface area (Å²) in [6.45, 7) is 7.13. The molecule has 0 bridgehead atoms. The van der Waals surface area contributed by atoms with E-state index in [1.54, 1.807) is 11.3 Å². The summed E-state index contributed by atoms with van der Waals surface area (Å²) in [4.78, 5) is 17.9. The minimum absolute atomic E-state index is 0.390. The fourth-order valence-corrected chi connectivity index (χ4v) is 5.34. The number of imidazole rings is 1. The maximum absolute atomic E-state index is 6.31. The van der Waals surface area contributed by atoms with Crippen molar-refractivity contribution in [1.82, 2.24) is 29.8 Å². The van der Waals surface area contributed by atoms with Crippen LogP contribution in [0.5, 0.6) is 0 Å². The van der Waals surface area contributed by atoms with E-state index in [-0.39, 0.29) is 0 Å². The Balaban J connectivity index is 1.61. The van der Waals surface area contributed by atoms with Gasteiger partial charge in [0.25, 0.3) is 0 Å². The maximum Gasteiger partial charge on any atom is 0.177 e. The van der Waals surface area contributed by atoms with E-state index >= 15 is 0 Å². The maximum atomic E-state index is 6.31. The summed E-state index contributed by atoms with van der Waals surface area (Å²) >= 11 is 9.38. The van der Waals surface area contributed by atoms with Crippen molar-refractivity contribution in [3.63, 3.8) is 0 Å². The zero-order valence-electron chi connectivity index (χ0n) is 16.2. The number of fused-ring (bicyclic) bond motifs is 2. The number of aromatic nitrogens is 5. The summed E-state index contributed by atoms with van der Waals surface area (Å²) in [6.07, 6.45) is 2.44. The van der Waals surface area contributed by atoms with Gasteiger partial charge in [-0.3, -0.25) is 0 Å². The average molecular weight is 448 g/mol. The number of halogens is 1. The molecule has 1 aromatic carbocycles. The number of thiazole rings is 1. The molecule has 0 unspecified atom stereocenters. The lowest BCUT2D eigenvalue weighted by atomic mass is 10.2. The number of nitrogens with two attached hydrogens (primary N) is 1. The van der Waals surface area contributed by atoms with Gasteiger partial charge in [-0.2, -0.15) is 0 Å². The van der Waals surface area contributed by atoms with Gasteiger partial charge in [-0.05, 0) is 49.3 Å². The topological polar surface area (TPSA) is 94.5 Å². The van der Waals surface area contributed by atoms with Gasteiger partial charge < -0.3 is 15.6 Å². The van der Waals surface area contributed by atoms with Gasteiger partial charge in [0.1, 0.15) is 6.33 Å². The molecule has 7 nitrogen and oxygen atoms in total. The van der Waals surface area contributed by atoms with E-state index < -0.39 is 0 Å². The lowest BCUT2D eigenvalue weighted by Gasteiger charge is -2.09. The van der Waals surface area contributed by atoms with Crippen LogP contribution in [0.1, 0.15) is 20.3 Å². The van der Waals surface area contributed by atoms with Crippen LogP contribution in [0.25, 0.3) is 21.4 Å².